The van der Waals surface area contributed by atoms with E-state index in [4.69, 9.17) is 0 Å². The molecule has 0 N–H and O–H groups in total. The van der Waals surface area contributed by atoms with Gasteiger partial charge in [-0.3, -0.25) is 9.78 Å². The molecule has 0 saturated carbocycles. The number of thiophene rings is 1. The van der Waals surface area contributed by atoms with Gasteiger partial charge in [-0.2, -0.15) is 0 Å². The summed E-state index contributed by atoms with van der Waals surface area (Å²) < 4.78 is 1.08. The Morgan fingerprint density at radius 3 is 3.08 bits per heavy atom. The van der Waals surface area contributed by atoms with E-state index in [0.717, 1.165) is 26.9 Å². The van der Waals surface area contributed by atoms with E-state index in [1.54, 1.807) is 6.20 Å². The average molecular weight is 177 g/mol. The van der Waals surface area contributed by atoms with Crippen molar-refractivity contribution < 1.29 is 4.79 Å². The number of hydrogen-bond acceptors (Lipinski definition) is 3. The first-order chi connectivity index (χ1) is 5.83. The van der Waals surface area contributed by atoms with Gasteiger partial charge in [0.25, 0.3) is 0 Å². The van der Waals surface area contributed by atoms with Crippen molar-refractivity contribution in [1.29, 1.82) is 0 Å². The lowest BCUT2D eigenvalue weighted by atomic mass is 10.2. The van der Waals surface area contributed by atoms with Gasteiger partial charge < -0.3 is 0 Å². The minimum absolute atomic E-state index is 0.781. The Morgan fingerprint density at radius 2 is 2.42 bits per heavy atom. The lowest BCUT2D eigenvalue weighted by Crippen LogP contribution is -1.77. The van der Waals surface area contributed by atoms with Crippen LogP contribution in [0.2, 0.25) is 0 Å². The fourth-order valence-corrected chi connectivity index (χ4v) is 2.16. The van der Waals surface area contributed by atoms with Crippen molar-refractivity contribution in [2.75, 3.05) is 0 Å². The Labute approximate surface area is 73.9 Å². The molecule has 0 aliphatic carbocycles. The van der Waals surface area contributed by atoms with Crippen LogP contribution in [0.15, 0.2) is 18.3 Å². The number of carbonyl (C=O) groups excluding carboxylic acids is 1. The number of aryl methyl sites for hydroxylation is 1. The van der Waals surface area contributed by atoms with E-state index in [0.29, 0.717) is 0 Å². The van der Waals surface area contributed by atoms with E-state index >= 15 is 0 Å². The van der Waals surface area contributed by atoms with Gasteiger partial charge in [0, 0.05) is 6.20 Å². The Balaban J connectivity index is 2.87. The summed E-state index contributed by atoms with van der Waals surface area (Å²) in [4.78, 5) is 15.6. The van der Waals surface area contributed by atoms with Crippen LogP contribution in [-0.4, -0.2) is 11.3 Å². The van der Waals surface area contributed by atoms with Crippen molar-refractivity contribution in [2.45, 2.75) is 6.92 Å². The van der Waals surface area contributed by atoms with E-state index in [1.165, 1.54) is 11.3 Å². The van der Waals surface area contributed by atoms with E-state index in [-0.39, 0.29) is 0 Å². The van der Waals surface area contributed by atoms with Crippen molar-refractivity contribution in [2.24, 2.45) is 0 Å². The normalized spacial score (nSPS) is 10.4. The van der Waals surface area contributed by atoms with Gasteiger partial charge in [0.15, 0.2) is 6.29 Å². The summed E-state index contributed by atoms with van der Waals surface area (Å²) in [6.07, 6.45) is 2.64. The second kappa shape index (κ2) is 2.68. The van der Waals surface area contributed by atoms with Crippen molar-refractivity contribution in [3.8, 4) is 0 Å². The molecule has 2 aromatic heterocycles. The van der Waals surface area contributed by atoms with Crippen molar-refractivity contribution in [1.82, 2.24) is 4.98 Å². The number of pyridine rings is 1. The topological polar surface area (TPSA) is 30.0 Å². The van der Waals surface area contributed by atoms with Gasteiger partial charge in [-0.25, -0.2) is 0 Å². The predicted molar refractivity (Wildman–Crippen MR) is 49.7 cm³/mol. The van der Waals surface area contributed by atoms with Gasteiger partial charge in [-0.15, -0.1) is 11.3 Å². The Hall–Kier alpha value is -1.22. The molecule has 0 bridgehead atoms. The Morgan fingerprint density at radius 1 is 1.58 bits per heavy atom. The SMILES string of the molecule is Cc1c(C=O)sc2cccnc12. The van der Waals surface area contributed by atoms with Crippen LogP contribution in [0.3, 0.4) is 0 Å². The van der Waals surface area contributed by atoms with Crippen molar-refractivity contribution >= 4 is 27.8 Å². The number of carbonyl (C=O) groups is 1. The lowest BCUT2D eigenvalue weighted by molar-refractivity contribution is 0.112. The van der Waals surface area contributed by atoms with Crippen LogP contribution in [-0.2, 0) is 0 Å². The third-order valence-electron chi connectivity index (χ3n) is 1.82. The first-order valence-electron chi connectivity index (χ1n) is 3.62. The standard InChI is InChI=1S/C9H7NOS/c1-6-8(5-11)12-7-3-2-4-10-9(6)7/h2-5H,1H3. The van der Waals surface area contributed by atoms with Gasteiger partial charge in [-0.05, 0) is 24.6 Å². The van der Waals surface area contributed by atoms with Gasteiger partial charge in [0.2, 0.25) is 0 Å². The molecule has 0 fully saturated rings. The summed E-state index contributed by atoms with van der Waals surface area (Å²) in [5, 5.41) is 0. The maximum absolute atomic E-state index is 10.6. The van der Waals surface area contributed by atoms with E-state index in [2.05, 4.69) is 4.98 Å². The molecule has 12 heavy (non-hydrogen) atoms. The van der Waals surface area contributed by atoms with Crippen LogP contribution in [0.4, 0.5) is 0 Å². The highest BCUT2D eigenvalue weighted by molar-refractivity contribution is 7.20. The van der Waals surface area contributed by atoms with Gasteiger partial charge in [0.1, 0.15) is 0 Å². The third-order valence-corrected chi connectivity index (χ3v) is 2.99. The second-order valence-electron chi connectivity index (χ2n) is 2.56. The van der Waals surface area contributed by atoms with Crippen LogP contribution in [0, 0.1) is 6.92 Å². The fraction of sp³-hybridized carbons (Fsp3) is 0.111. The van der Waals surface area contributed by atoms with E-state index in [9.17, 15) is 4.79 Å². The number of aromatic nitrogens is 1. The molecule has 0 aliphatic heterocycles. The zero-order valence-corrected chi connectivity index (χ0v) is 7.39. The summed E-state index contributed by atoms with van der Waals surface area (Å²) in [5.41, 5.74) is 1.94. The zero-order chi connectivity index (χ0) is 8.55. The second-order valence-corrected chi connectivity index (χ2v) is 3.64. The first-order valence-corrected chi connectivity index (χ1v) is 4.44. The summed E-state index contributed by atoms with van der Waals surface area (Å²) in [7, 11) is 0. The minimum atomic E-state index is 0.781. The molecule has 0 aliphatic rings. The maximum Gasteiger partial charge on any atom is 0.160 e. The number of aldehydes is 1. The number of hydrogen-bond donors (Lipinski definition) is 0. The van der Waals surface area contributed by atoms with Crippen molar-refractivity contribution in [3.63, 3.8) is 0 Å². The highest BCUT2D eigenvalue weighted by Gasteiger charge is 2.06. The third kappa shape index (κ3) is 0.940. The van der Waals surface area contributed by atoms with Gasteiger partial charge in [-0.1, -0.05) is 0 Å². The predicted octanol–water partition coefficient (Wildman–Crippen LogP) is 2.42. The van der Waals surface area contributed by atoms with Gasteiger partial charge in [0.05, 0.1) is 15.1 Å². The lowest BCUT2D eigenvalue weighted by Gasteiger charge is -1.87. The molecule has 2 nitrogen and oxygen atoms in total. The fourth-order valence-electron chi connectivity index (χ4n) is 1.18. The molecule has 0 saturated heterocycles. The molecule has 60 valence electrons. The van der Waals surface area contributed by atoms with Crippen LogP contribution >= 0.6 is 11.3 Å². The van der Waals surface area contributed by atoms with Crippen LogP contribution < -0.4 is 0 Å². The molecule has 2 rings (SSSR count). The van der Waals surface area contributed by atoms with Crippen LogP contribution in [0.25, 0.3) is 10.2 Å². The quantitative estimate of drug-likeness (QED) is 0.626. The van der Waals surface area contributed by atoms with E-state index in [1.807, 2.05) is 19.1 Å². The molecule has 0 atom stereocenters. The van der Waals surface area contributed by atoms with Gasteiger partial charge >= 0.3 is 0 Å². The molecule has 0 spiro atoms. The molecule has 2 aromatic rings. The molecule has 2 heterocycles. The molecule has 0 radical (unpaired) electrons. The maximum atomic E-state index is 10.6. The molecular formula is C9H7NOS. The van der Waals surface area contributed by atoms with Crippen molar-refractivity contribution in [3.05, 3.63) is 28.8 Å². The molecule has 0 amide bonds. The zero-order valence-electron chi connectivity index (χ0n) is 6.57. The number of rotatable bonds is 1. The highest BCUT2D eigenvalue weighted by atomic mass is 32.1. The first kappa shape index (κ1) is 7.43. The summed E-state index contributed by atoms with van der Waals surface area (Å²) in [6.45, 7) is 1.93. The smallest absolute Gasteiger partial charge is 0.160 e. The summed E-state index contributed by atoms with van der Waals surface area (Å²) in [5.74, 6) is 0. The molecule has 0 unspecified atom stereocenters. The van der Waals surface area contributed by atoms with Crippen LogP contribution in [0.1, 0.15) is 15.2 Å². The highest BCUT2D eigenvalue weighted by Crippen LogP contribution is 2.27. The summed E-state index contributed by atoms with van der Waals surface area (Å²) >= 11 is 1.49. The molecule has 0 aromatic carbocycles. The largest absolute Gasteiger partial charge is 0.297 e. The molecular weight excluding hydrogens is 170 g/mol. The molecule has 3 heteroatoms. The Kier molecular flexibility index (Phi) is 1.66. The number of fused-ring (bicyclic) bond motifs is 1. The average Bonchev–Trinajstić information content (AvgIpc) is 2.44. The Bertz CT molecular complexity index is 433. The number of nitrogens with zero attached hydrogens (tertiary/aromatic N) is 1. The summed E-state index contributed by atoms with van der Waals surface area (Å²) in [6, 6.07) is 3.86. The van der Waals surface area contributed by atoms with E-state index < -0.39 is 0 Å². The van der Waals surface area contributed by atoms with Crippen LogP contribution in [0.5, 0.6) is 0 Å². The monoisotopic (exact) mass is 177 g/mol. The minimum Gasteiger partial charge on any atom is -0.297 e.